The second-order valence-electron chi connectivity index (χ2n) is 8.67. The van der Waals surface area contributed by atoms with Gasteiger partial charge in [0.25, 0.3) is 5.56 Å². The van der Waals surface area contributed by atoms with E-state index in [0.717, 1.165) is 23.8 Å². The molecule has 0 bridgehead atoms. The number of aromatic amines is 1. The van der Waals surface area contributed by atoms with Crippen LogP contribution in [0.1, 0.15) is 33.9 Å². The Morgan fingerprint density at radius 2 is 1.92 bits per heavy atom. The molecule has 2 unspecified atom stereocenters. The van der Waals surface area contributed by atoms with Gasteiger partial charge in [0.15, 0.2) is 11.9 Å². The number of nitrogens with zero attached hydrogens (tertiary/aromatic N) is 1. The van der Waals surface area contributed by atoms with Crippen molar-refractivity contribution >= 4 is 13.7 Å². The second kappa shape index (κ2) is 12.1. The number of carbonyl (C=O) groups excluding carboxylic acids is 1. The van der Waals surface area contributed by atoms with Gasteiger partial charge < -0.3 is 24.6 Å². The summed E-state index contributed by atoms with van der Waals surface area (Å²) in [4.78, 5) is 37.7. The van der Waals surface area contributed by atoms with Gasteiger partial charge in [-0.3, -0.25) is 23.7 Å². The molecule has 0 amide bonds. The van der Waals surface area contributed by atoms with Crippen molar-refractivity contribution < 1.29 is 42.9 Å². The van der Waals surface area contributed by atoms with Crippen molar-refractivity contribution in [3.63, 3.8) is 0 Å². The topological polar surface area (TPSA) is 190 Å². The number of aliphatic hydroxyl groups excluding tert-OH is 1. The molecule has 206 valence electrons. The van der Waals surface area contributed by atoms with Crippen LogP contribution in [0, 0.1) is 0 Å². The van der Waals surface area contributed by atoms with E-state index in [-0.39, 0.29) is 11.2 Å². The maximum absolute atomic E-state index is 15.4. The summed E-state index contributed by atoms with van der Waals surface area (Å²) in [5.74, 6) is -0.560. The molecule has 1 saturated heterocycles. The number of H-pyrrole nitrogens is 1. The Hall–Kier alpha value is -2.87. The van der Waals surface area contributed by atoms with Crippen molar-refractivity contribution in [2.24, 2.45) is 0 Å². The summed E-state index contributed by atoms with van der Waals surface area (Å²) in [6.07, 6.45) is -4.21. The molecule has 0 aliphatic carbocycles. The third-order valence-corrected chi connectivity index (χ3v) is 6.90. The van der Waals surface area contributed by atoms with E-state index in [9.17, 15) is 24.1 Å². The summed E-state index contributed by atoms with van der Waals surface area (Å²) in [6.45, 7) is 5.07. The highest BCUT2D eigenvalue weighted by atomic mass is 31.2. The molecule has 3 rings (SSSR count). The lowest BCUT2D eigenvalue weighted by Crippen LogP contribution is -2.43. The first-order valence-corrected chi connectivity index (χ1v) is 12.7. The molecule has 1 aromatic carbocycles. The van der Waals surface area contributed by atoms with Gasteiger partial charge in [-0.15, -0.1) is 0 Å². The van der Waals surface area contributed by atoms with Crippen LogP contribution in [-0.2, 0) is 23.4 Å². The summed E-state index contributed by atoms with van der Waals surface area (Å²) in [5, 5.41) is 13.0. The largest absolute Gasteiger partial charge is 0.462 e. The number of rotatable bonds is 10. The van der Waals surface area contributed by atoms with Crippen LogP contribution in [0.15, 0.2) is 52.2 Å². The molecule has 1 aromatic heterocycles. The molecule has 0 saturated carbocycles. The molecule has 13 nitrogen and oxygen atoms in total. The Balaban J connectivity index is 0.00000481. The fraction of sp³-hybridized carbons (Fsp3) is 0.500. The summed E-state index contributed by atoms with van der Waals surface area (Å²) in [5.41, 5.74) is -4.12. The van der Waals surface area contributed by atoms with Crippen LogP contribution in [0.4, 0.5) is 4.39 Å². The van der Waals surface area contributed by atoms with E-state index in [1.54, 1.807) is 32.0 Å². The summed E-state index contributed by atoms with van der Waals surface area (Å²) in [6, 6.07) is 7.86. The molecule has 37 heavy (non-hydrogen) atoms. The fourth-order valence-corrected chi connectivity index (χ4v) is 4.97. The Bertz CT molecular complexity index is 1220. The fourth-order valence-electron chi connectivity index (χ4n) is 3.47. The second-order valence-corrected chi connectivity index (χ2v) is 10.4. The zero-order chi connectivity index (χ0) is 26.7. The Labute approximate surface area is 211 Å². The Kier molecular flexibility index (Phi) is 9.94. The van der Waals surface area contributed by atoms with Gasteiger partial charge >= 0.3 is 19.4 Å². The van der Waals surface area contributed by atoms with Crippen molar-refractivity contribution in [1.82, 2.24) is 14.6 Å². The number of carbonyl (C=O) groups is 1. The van der Waals surface area contributed by atoms with Crippen molar-refractivity contribution in [2.45, 2.75) is 63.9 Å². The molecule has 2 heterocycles. The molecule has 1 fully saturated rings. The van der Waals surface area contributed by atoms with Crippen LogP contribution >= 0.6 is 7.75 Å². The number of hydrogen-bond acceptors (Lipinski definition) is 9. The minimum Gasteiger partial charge on any atom is -0.462 e. The molecule has 6 atom stereocenters. The van der Waals surface area contributed by atoms with Gasteiger partial charge in [-0.2, -0.15) is 5.09 Å². The number of halogens is 1. The van der Waals surface area contributed by atoms with E-state index in [1.807, 2.05) is 4.98 Å². The quantitative estimate of drug-likeness (QED) is 0.284. The van der Waals surface area contributed by atoms with Crippen LogP contribution < -0.4 is 20.9 Å². The molecule has 0 radical (unpaired) electrons. The number of esters is 1. The molecule has 1 aliphatic rings. The number of nitrogens with one attached hydrogen (secondary N) is 2. The number of benzene rings is 1. The average molecular weight is 547 g/mol. The SMILES string of the molecule is CC(C)OC(=O)[C@@H](C)NP(=O)(OC[C@@H]1OC(n2ccc(=O)[nH]c2=O)[C@@](C)(F)[C@H]1O)Oc1ccccc1.O. The van der Waals surface area contributed by atoms with Crippen molar-refractivity contribution in [2.75, 3.05) is 6.61 Å². The van der Waals surface area contributed by atoms with Crippen molar-refractivity contribution in [3.8, 4) is 5.75 Å². The molecular formula is C22H31FN3O10P. The maximum Gasteiger partial charge on any atom is 0.459 e. The zero-order valence-corrected chi connectivity index (χ0v) is 21.5. The molecular weight excluding hydrogens is 516 g/mol. The smallest absolute Gasteiger partial charge is 0.459 e. The van der Waals surface area contributed by atoms with E-state index in [0.29, 0.717) is 0 Å². The number of aliphatic hydroxyl groups is 1. The first-order chi connectivity index (χ1) is 16.8. The van der Waals surface area contributed by atoms with Crippen molar-refractivity contribution in [3.05, 3.63) is 63.4 Å². The van der Waals surface area contributed by atoms with Gasteiger partial charge in [0.2, 0.25) is 0 Å². The van der Waals surface area contributed by atoms with Gasteiger partial charge in [0, 0.05) is 12.3 Å². The normalized spacial score (nSPS) is 25.6. The van der Waals surface area contributed by atoms with Crippen molar-refractivity contribution in [1.29, 1.82) is 0 Å². The number of aromatic nitrogens is 2. The Morgan fingerprint density at radius 3 is 2.51 bits per heavy atom. The lowest BCUT2D eigenvalue weighted by Gasteiger charge is -2.25. The number of hydrogen-bond donors (Lipinski definition) is 3. The monoisotopic (exact) mass is 547 g/mol. The van der Waals surface area contributed by atoms with Crippen LogP contribution in [-0.4, -0.2) is 62.7 Å². The summed E-state index contributed by atoms with van der Waals surface area (Å²) < 4.78 is 51.4. The van der Waals surface area contributed by atoms with Gasteiger partial charge in [-0.25, -0.2) is 13.8 Å². The molecule has 2 aromatic rings. The molecule has 1 aliphatic heterocycles. The third-order valence-electron chi connectivity index (χ3n) is 5.26. The number of alkyl halides is 1. The lowest BCUT2D eigenvalue weighted by atomic mass is 9.98. The number of para-hydroxylation sites is 1. The van der Waals surface area contributed by atoms with E-state index < -0.39 is 67.8 Å². The highest BCUT2D eigenvalue weighted by molar-refractivity contribution is 7.52. The third kappa shape index (κ3) is 7.34. The number of ether oxygens (including phenoxy) is 2. The standard InChI is InChI=1S/C22H29FN3O9P.H2O/c1-13(2)33-19(29)14(3)25-36(31,35-15-8-6-5-7-9-15)32-12-16-18(28)22(4,23)20(34-16)26-11-10-17(27)24-21(26)30;/h5-11,13-14,16,18,20,28H,12H2,1-4H3,(H,25,31)(H,24,27,30);1H2/t14-,16+,18+,20?,22+,36?;/m1./s1. The minimum atomic E-state index is -4.30. The minimum absolute atomic E-state index is 0. The molecule has 0 spiro atoms. The first kappa shape index (κ1) is 30.4. The molecule has 15 heteroatoms. The van der Waals surface area contributed by atoms with Crippen LogP contribution in [0.2, 0.25) is 0 Å². The van der Waals surface area contributed by atoms with E-state index >= 15 is 4.39 Å². The highest BCUT2D eigenvalue weighted by Gasteiger charge is 2.55. The zero-order valence-electron chi connectivity index (χ0n) is 20.6. The van der Waals surface area contributed by atoms with Gasteiger partial charge in [0.05, 0.1) is 12.7 Å². The van der Waals surface area contributed by atoms with Crippen LogP contribution in [0.5, 0.6) is 5.75 Å². The first-order valence-electron chi connectivity index (χ1n) is 11.1. The van der Waals surface area contributed by atoms with Gasteiger partial charge in [0.1, 0.15) is 24.0 Å². The highest BCUT2D eigenvalue weighted by Crippen LogP contribution is 2.47. The van der Waals surface area contributed by atoms with Gasteiger partial charge in [-0.1, -0.05) is 18.2 Å². The lowest BCUT2D eigenvalue weighted by molar-refractivity contribution is -0.149. The van der Waals surface area contributed by atoms with Crippen LogP contribution in [0.25, 0.3) is 0 Å². The maximum atomic E-state index is 15.4. The summed E-state index contributed by atoms with van der Waals surface area (Å²) >= 11 is 0. The van der Waals surface area contributed by atoms with Crippen LogP contribution in [0.3, 0.4) is 0 Å². The Morgan fingerprint density at radius 1 is 1.27 bits per heavy atom. The van der Waals surface area contributed by atoms with Gasteiger partial charge in [-0.05, 0) is 39.8 Å². The van der Waals surface area contributed by atoms with E-state index in [2.05, 4.69) is 5.09 Å². The summed E-state index contributed by atoms with van der Waals surface area (Å²) in [7, 11) is -4.30. The average Bonchev–Trinajstić information content (AvgIpc) is 3.01. The predicted octanol–water partition coefficient (Wildman–Crippen LogP) is 0.832. The predicted molar refractivity (Wildman–Crippen MR) is 129 cm³/mol. The molecule has 5 N–H and O–H groups in total. The van der Waals surface area contributed by atoms with E-state index in [4.69, 9.17) is 18.5 Å². The van der Waals surface area contributed by atoms with E-state index in [1.165, 1.54) is 19.1 Å².